The zero-order chi connectivity index (χ0) is 20.2. The molecule has 1 fully saturated rings. The molecular weight excluding hydrogens is 372 g/mol. The lowest BCUT2D eigenvalue weighted by molar-refractivity contribution is -0.118. The Bertz CT molecular complexity index is 986. The first kappa shape index (κ1) is 18.6. The van der Waals surface area contributed by atoms with Crippen LogP contribution >= 0.6 is 0 Å². The van der Waals surface area contributed by atoms with Gasteiger partial charge in [0.05, 0.1) is 5.69 Å². The topological polar surface area (TPSA) is 102 Å². The molecule has 0 saturated carbocycles. The van der Waals surface area contributed by atoms with Crippen LogP contribution in [0.5, 0.6) is 5.75 Å². The quantitative estimate of drug-likeness (QED) is 0.690. The van der Waals surface area contributed by atoms with E-state index in [1.54, 1.807) is 41.3 Å². The SMILES string of the molecule is CC1CCC(=O)N1c1ccc(NC(=O)COc2ccc(-n3cnnn3)cc2)cc1. The molecule has 4 rings (SSSR count). The number of nitrogens with one attached hydrogen (secondary N) is 1. The minimum absolute atomic E-state index is 0.117. The minimum Gasteiger partial charge on any atom is -0.484 e. The van der Waals surface area contributed by atoms with Gasteiger partial charge in [-0.2, -0.15) is 0 Å². The van der Waals surface area contributed by atoms with Crippen molar-refractivity contribution in [1.29, 1.82) is 0 Å². The summed E-state index contributed by atoms with van der Waals surface area (Å²) in [6.07, 6.45) is 2.94. The van der Waals surface area contributed by atoms with Crippen molar-refractivity contribution in [2.75, 3.05) is 16.8 Å². The lowest BCUT2D eigenvalue weighted by Crippen LogP contribution is -2.30. The van der Waals surface area contributed by atoms with Crippen LogP contribution in [-0.4, -0.2) is 44.7 Å². The smallest absolute Gasteiger partial charge is 0.262 e. The normalized spacial score (nSPS) is 16.1. The Balaban J connectivity index is 1.30. The van der Waals surface area contributed by atoms with Crippen molar-refractivity contribution in [3.63, 3.8) is 0 Å². The number of rotatable bonds is 6. The van der Waals surface area contributed by atoms with Crippen molar-refractivity contribution >= 4 is 23.2 Å². The fourth-order valence-electron chi connectivity index (χ4n) is 3.25. The second-order valence-corrected chi connectivity index (χ2v) is 6.78. The molecule has 1 unspecified atom stereocenters. The number of amides is 2. The number of carbonyl (C=O) groups excluding carboxylic acids is 2. The fraction of sp³-hybridized carbons (Fsp3) is 0.250. The maximum atomic E-state index is 12.2. The van der Waals surface area contributed by atoms with E-state index in [1.807, 2.05) is 19.1 Å². The van der Waals surface area contributed by atoms with E-state index in [9.17, 15) is 9.59 Å². The third-order valence-corrected chi connectivity index (χ3v) is 4.73. The average molecular weight is 392 g/mol. The Morgan fingerprint density at radius 1 is 1.14 bits per heavy atom. The van der Waals surface area contributed by atoms with E-state index in [2.05, 4.69) is 20.8 Å². The molecule has 9 nitrogen and oxygen atoms in total. The van der Waals surface area contributed by atoms with Gasteiger partial charge in [0.15, 0.2) is 6.61 Å². The molecule has 0 bridgehead atoms. The van der Waals surface area contributed by atoms with Crippen molar-refractivity contribution in [3.8, 4) is 11.4 Å². The summed E-state index contributed by atoms with van der Waals surface area (Å²) in [7, 11) is 0. The van der Waals surface area contributed by atoms with Crippen LogP contribution in [-0.2, 0) is 9.59 Å². The van der Waals surface area contributed by atoms with E-state index in [-0.39, 0.29) is 24.5 Å². The van der Waals surface area contributed by atoms with Gasteiger partial charge in [-0.1, -0.05) is 0 Å². The highest BCUT2D eigenvalue weighted by Gasteiger charge is 2.28. The summed E-state index contributed by atoms with van der Waals surface area (Å²) in [6, 6.07) is 14.5. The predicted octanol–water partition coefficient (Wildman–Crippen LogP) is 2.20. The molecule has 1 atom stereocenters. The summed E-state index contributed by atoms with van der Waals surface area (Å²) in [5, 5.41) is 13.8. The molecule has 3 aromatic rings. The number of anilines is 2. The standard InChI is InChI=1S/C20H20N6O3/c1-14-2-11-20(28)26(14)17-5-3-15(4-6-17)22-19(27)12-29-18-9-7-16(8-10-18)25-13-21-23-24-25/h3-10,13-14H,2,11-12H2,1H3,(H,22,27). The lowest BCUT2D eigenvalue weighted by atomic mass is 10.2. The van der Waals surface area contributed by atoms with E-state index >= 15 is 0 Å². The van der Waals surface area contributed by atoms with Crippen molar-refractivity contribution in [2.45, 2.75) is 25.8 Å². The summed E-state index contributed by atoms with van der Waals surface area (Å²) < 4.78 is 7.04. The highest BCUT2D eigenvalue weighted by molar-refractivity contribution is 5.97. The van der Waals surface area contributed by atoms with Gasteiger partial charge in [-0.25, -0.2) is 4.68 Å². The average Bonchev–Trinajstić information content (AvgIpc) is 3.38. The number of hydrogen-bond donors (Lipinski definition) is 1. The maximum absolute atomic E-state index is 12.2. The van der Waals surface area contributed by atoms with Gasteiger partial charge in [-0.15, -0.1) is 5.10 Å². The molecule has 1 aliphatic rings. The zero-order valence-corrected chi connectivity index (χ0v) is 15.9. The third-order valence-electron chi connectivity index (χ3n) is 4.73. The van der Waals surface area contributed by atoms with Gasteiger partial charge >= 0.3 is 0 Å². The molecule has 148 valence electrons. The van der Waals surface area contributed by atoms with E-state index in [0.717, 1.165) is 17.8 Å². The van der Waals surface area contributed by atoms with Gasteiger partial charge in [0.1, 0.15) is 12.1 Å². The van der Waals surface area contributed by atoms with Crippen LogP contribution in [0.3, 0.4) is 0 Å². The molecule has 1 N–H and O–H groups in total. The number of carbonyl (C=O) groups is 2. The van der Waals surface area contributed by atoms with E-state index in [1.165, 1.54) is 11.0 Å². The molecule has 1 aromatic heterocycles. The lowest BCUT2D eigenvalue weighted by Gasteiger charge is -2.21. The maximum Gasteiger partial charge on any atom is 0.262 e. The first-order valence-corrected chi connectivity index (χ1v) is 9.28. The minimum atomic E-state index is -0.270. The van der Waals surface area contributed by atoms with Crippen LogP contribution in [0.25, 0.3) is 5.69 Å². The van der Waals surface area contributed by atoms with Gasteiger partial charge < -0.3 is 15.0 Å². The Labute approximate surface area is 167 Å². The Morgan fingerprint density at radius 3 is 2.48 bits per heavy atom. The van der Waals surface area contributed by atoms with Crippen LogP contribution in [0.2, 0.25) is 0 Å². The number of hydrogen-bond acceptors (Lipinski definition) is 6. The van der Waals surface area contributed by atoms with Gasteiger partial charge in [0.25, 0.3) is 5.91 Å². The van der Waals surface area contributed by atoms with Crippen LogP contribution in [0.1, 0.15) is 19.8 Å². The molecule has 1 saturated heterocycles. The second-order valence-electron chi connectivity index (χ2n) is 6.78. The molecule has 2 heterocycles. The molecule has 0 aliphatic carbocycles. The Morgan fingerprint density at radius 2 is 1.86 bits per heavy atom. The summed E-state index contributed by atoms with van der Waals surface area (Å²) in [6.45, 7) is 1.92. The summed E-state index contributed by atoms with van der Waals surface area (Å²) in [5.41, 5.74) is 2.28. The number of aromatic nitrogens is 4. The van der Waals surface area contributed by atoms with Gasteiger partial charge in [0.2, 0.25) is 5.91 Å². The molecule has 29 heavy (non-hydrogen) atoms. The largest absolute Gasteiger partial charge is 0.484 e. The molecule has 0 spiro atoms. The van der Waals surface area contributed by atoms with E-state index in [0.29, 0.717) is 17.9 Å². The fourth-order valence-corrected chi connectivity index (χ4v) is 3.25. The Hall–Kier alpha value is -3.75. The zero-order valence-electron chi connectivity index (χ0n) is 15.9. The van der Waals surface area contributed by atoms with Crippen molar-refractivity contribution in [3.05, 3.63) is 54.9 Å². The van der Waals surface area contributed by atoms with Crippen LogP contribution in [0.4, 0.5) is 11.4 Å². The van der Waals surface area contributed by atoms with Crippen molar-refractivity contribution in [2.24, 2.45) is 0 Å². The molecule has 2 aromatic carbocycles. The summed E-state index contributed by atoms with van der Waals surface area (Å²) >= 11 is 0. The van der Waals surface area contributed by atoms with Gasteiger partial charge in [-0.05, 0) is 72.3 Å². The van der Waals surface area contributed by atoms with E-state index < -0.39 is 0 Å². The molecule has 1 aliphatic heterocycles. The number of benzene rings is 2. The molecule has 0 radical (unpaired) electrons. The van der Waals surface area contributed by atoms with Crippen LogP contribution in [0.15, 0.2) is 54.9 Å². The van der Waals surface area contributed by atoms with Crippen LogP contribution in [0, 0.1) is 0 Å². The molecule has 9 heteroatoms. The highest BCUT2D eigenvalue weighted by Crippen LogP contribution is 2.27. The highest BCUT2D eigenvalue weighted by atomic mass is 16.5. The first-order valence-electron chi connectivity index (χ1n) is 9.28. The van der Waals surface area contributed by atoms with E-state index in [4.69, 9.17) is 4.74 Å². The monoisotopic (exact) mass is 392 g/mol. The summed E-state index contributed by atoms with van der Waals surface area (Å²) in [5.74, 6) is 0.426. The summed E-state index contributed by atoms with van der Waals surface area (Å²) in [4.78, 5) is 25.9. The molecular formula is C20H20N6O3. The van der Waals surface area contributed by atoms with Gasteiger partial charge in [-0.3, -0.25) is 9.59 Å². The Kier molecular flexibility index (Phi) is 5.19. The van der Waals surface area contributed by atoms with Crippen molar-refractivity contribution < 1.29 is 14.3 Å². The number of nitrogens with zero attached hydrogens (tertiary/aromatic N) is 5. The first-order chi connectivity index (χ1) is 14.1. The van der Waals surface area contributed by atoms with Crippen molar-refractivity contribution in [1.82, 2.24) is 20.2 Å². The van der Waals surface area contributed by atoms with Gasteiger partial charge in [0, 0.05) is 23.8 Å². The predicted molar refractivity (Wildman–Crippen MR) is 106 cm³/mol. The second kappa shape index (κ2) is 8.09. The number of ether oxygens (including phenoxy) is 1. The van der Waals surface area contributed by atoms with Crippen LogP contribution < -0.4 is 15.0 Å². The third kappa shape index (κ3) is 4.23. The molecule has 2 amide bonds. The number of tetrazole rings is 1.